The monoisotopic (exact) mass is 667 g/mol. The fourth-order valence-corrected chi connectivity index (χ4v) is 3.16. The number of hydrogen-bond donors (Lipinski definition) is 1. The smallest absolute Gasteiger partial charge is 0.217 e. The number of carbonyl (C=O) groups excluding carboxylic acids is 1. The van der Waals surface area contributed by atoms with Crippen molar-refractivity contribution >= 4 is 16.6 Å². The average molecular weight is 667 g/mol. The van der Waals surface area contributed by atoms with Crippen molar-refractivity contribution in [2.24, 2.45) is 10.8 Å². The van der Waals surface area contributed by atoms with Crippen molar-refractivity contribution in [3.63, 3.8) is 0 Å². The third kappa shape index (κ3) is 8.57. The minimum atomic E-state index is -0.377. The van der Waals surface area contributed by atoms with Gasteiger partial charge in [-0.05, 0) is 29.7 Å². The van der Waals surface area contributed by atoms with Crippen LogP contribution in [-0.2, 0) is 24.9 Å². The topological polar surface area (TPSA) is 59.4 Å². The molecule has 2 aromatic carbocycles. The van der Waals surface area contributed by atoms with Crippen molar-refractivity contribution in [1.29, 1.82) is 0 Å². The standard InChI is InChI=1S/C18H16NO.C13H24O2.Ir/c1-13(2)16-10-6-7-14-12-19-18(11-17(14)16)20-15-8-4-3-5-9-15;1-7-12(3,4)10(14)9-11(15)13(5,6)8-2;/h3-8,10-13H,1-2H3;9,14H,7-8H2,1-6H3;/q-1;;/b;10-9-;. The minimum Gasteiger partial charge on any atom is -0.512 e. The number of ether oxygens (including phenoxy) is 1. The Morgan fingerprint density at radius 3 is 2.28 bits per heavy atom. The fraction of sp³-hybridized carbons (Fsp3) is 0.419. The Balaban J connectivity index is 0.000000367. The van der Waals surface area contributed by atoms with Gasteiger partial charge in [-0.3, -0.25) is 4.79 Å². The van der Waals surface area contributed by atoms with Gasteiger partial charge in [-0.25, -0.2) is 4.98 Å². The maximum atomic E-state index is 11.8. The van der Waals surface area contributed by atoms with Crippen LogP contribution >= 0.6 is 0 Å². The van der Waals surface area contributed by atoms with Crippen LogP contribution < -0.4 is 4.74 Å². The Morgan fingerprint density at radius 2 is 1.72 bits per heavy atom. The molecule has 0 atom stereocenters. The SMILES string of the molecule is CC(C)c1cccc2cnc(Oc3[c-]cccc3)cc12.CCC(C)(C)C(=O)/C=C(\O)C(C)(C)CC.[Ir]. The number of aliphatic hydroxyl groups is 1. The second kappa shape index (κ2) is 13.7. The molecule has 0 saturated heterocycles. The molecule has 0 spiro atoms. The number of fused-ring (bicyclic) bond motifs is 1. The first-order chi connectivity index (χ1) is 16.4. The number of rotatable bonds is 8. The van der Waals surface area contributed by atoms with E-state index in [9.17, 15) is 9.90 Å². The number of nitrogens with zero attached hydrogens (tertiary/aromatic N) is 1. The molecule has 0 bridgehead atoms. The average Bonchev–Trinajstić information content (AvgIpc) is 2.84. The number of benzene rings is 2. The summed E-state index contributed by atoms with van der Waals surface area (Å²) in [5, 5.41) is 12.2. The number of para-hydroxylation sites is 1. The van der Waals surface area contributed by atoms with E-state index in [1.807, 2.05) is 78.1 Å². The van der Waals surface area contributed by atoms with Crippen molar-refractivity contribution in [1.82, 2.24) is 4.98 Å². The van der Waals surface area contributed by atoms with E-state index < -0.39 is 0 Å². The first-order valence-corrected chi connectivity index (χ1v) is 12.4. The molecule has 0 aliphatic carbocycles. The fourth-order valence-electron chi connectivity index (χ4n) is 3.16. The van der Waals surface area contributed by atoms with Crippen LogP contribution in [0.4, 0.5) is 0 Å². The molecule has 1 heterocycles. The number of carbonyl (C=O) groups is 1. The quantitative estimate of drug-likeness (QED) is 0.148. The summed E-state index contributed by atoms with van der Waals surface area (Å²) in [5.74, 6) is 1.95. The number of hydrogen-bond acceptors (Lipinski definition) is 4. The van der Waals surface area contributed by atoms with Crippen LogP contribution in [0.25, 0.3) is 10.8 Å². The largest absolute Gasteiger partial charge is 0.512 e. The van der Waals surface area contributed by atoms with Crippen LogP contribution in [0.2, 0.25) is 0 Å². The van der Waals surface area contributed by atoms with E-state index in [1.54, 1.807) is 0 Å². The predicted molar refractivity (Wildman–Crippen MR) is 145 cm³/mol. The maximum Gasteiger partial charge on any atom is 0.217 e. The molecule has 0 saturated carbocycles. The van der Waals surface area contributed by atoms with Crippen LogP contribution in [0.3, 0.4) is 0 Å². The van der Waals surface area contributed by atoms with Gasteiger partial charge < -0.3 is 9.84 Å². The number of pyridine rings is 1. The summed E-state index contributed by atoms with van der Waals surface area (Å²) in [6.45, 7) is 16.0. The van der Waals surface area contributed by atoms with Crippen molar-refractivity contribution in [2.75, 3.05) is 0 Å². The molecule has 0 unspecified atom stereocenters. The second-order valence-electron chi connectivity index (χ2n) is 10.4. The second-order valence-corrected chi connectivity index (χ2v) is 10.4. The van der Waals surface area contributed by atoms with Crippen LogP contribution in [0, 0.1) is 16.9 Å². The third-order valence-corrected chi connectivity index (χ3v) is 6.69. The summed E-state index contributed by atoms with van der Waals surface area (Å²) in [4.78, 5) is 16.2. The van der Waals surface area contributed by atoms with Crippen LogP contribution in [0.5, 0.6) is 11.6 Å². The molecular formula is C31H40IrNO3-. The molecule has 4 nitrogen and oxygen atoms in total. The number of aromatic nitrogens is 1. The van der Waals surface area contributed by atoms with Gasteiger partial charge in [0.1, 0.15) is 5.76 Å². The zero-order valence-corrected chi connectivity index (χ0v) is 25.2. The van der Waals surface area contributed by atoms with Crippen molar-refractivity contribution in [2.45, 2.75) is 74.1 Å². The maximum absolute atomic E-state index is 11.8. The Bertz CT molecular complexity index is 1150. The zero-order chi connectivity index (χ0) is 26.2. The van der Waals surface area contributed by atoms with Gasteiger partial charge in [-0.15, -0.1) is 12.1 Å². The van der Waals surface area contributed by atoms with Gasteiger partial charge in [-0.2, -0.15) is 18.2 Å². The van der Waals surface area contributed by atoms with Crippen molar-refractivity contribution in [3.05, 3.63) is 78.2 Å². The van der Waals surface area contributed by atoms with E-state index in [2.05, 4.69) is 43.1 Å². The Labute approximate surface area is 230 Å². The molecule has 1 radical (unpaired) electrons. The van der Waals surface area contributed by atoms with E-state index in [-0.39, 0.29) is 42.5 Å². The molecule has 3 rings (SSSR count). The molecule has 0 aliphatic heterocycles. The van der Waals surface area contributed by atoms with Gasteiger partial charge in [0.15, 0.2) is 5.78 Å². The normalized spacial score (nSPS) is 12.0. The molecule has 0 fully saturated rings. The van der Waals surface area contributed by atoms with E-state index in [0.717, 1.165) is 18.2 Å². The number of aliphatic hydroxyl groups excluding tert-OH is 1. The van der Waals surface area contributed by atoms with Crippen LogP contribution in [-0.4, -0.2) is 15.9 Å². The van der Waals surface area contributed by atoms with Gasteiger partial charge in [0.2, 0.25) is 5.88 Å². The van der Waals surface area contributed by atoms with E-state index in [0.29, 0.717) is 17.5 Å². The van der Waals surface area contributed by atoms with Gasteiger partial charge in [-0.1, -0.05) is 73.6 Å². The molecule has 0 amide bonds. The first-order valence-electron chi connectivity index (χ1n) is 12.4. The molecule has 1 N–H and O–H groups in total. The van der Waals surface area contributed by atoms with E-state index in [4.69, 9.17) is 4.74 Å². The summed E-state index contributed by atoms with van der Waals surface area (Å²) >= 11 is 0. The van der Waals surface area contributed by atoms with Gasteiger partial charge in [0.25, 0.3) is 0 Å². The molecular weight excluding hydrogens is 627 g/mol. The van der Waals surface area contributed by atoms with Crippen molar-refractivity contribution < 1.29 is 34.7 Å². The zero-order valence-electron chi connectivity index (χ0n) is 22.8. The number of ketones is 1. The molecule has 3 aromatic rings. The Hall–Kier alpha value is -2.49. The van der Waals surface area contributed by atoms with Crippen LogP contribution in [0.15, 0.2) is 66.6 Å². The molecule has 5 heteroatoms. The molecule has 197 valence electrons. The summed E-state index contributed by atoms with van der Waals surface area (Å²) in [6, 6.07) is 18.9. The number of allylic oxidation sites excluding steroid dienone is 2. The summed E-state index contributed by atoms with van der Waals surface area (Å²) in [6.07, 6.45) is 4.85. The third-order valence-electron chi connectivity index (χ3n) is 6.69. The Morgan fingerprint density at radius 1 is 1.06 bits per heavy atom. The predicted octanol–water partition coefficient (Wildman–Crippen LogP) is 8.82. The minimum absolute atomic E-state index is 0. The Kier molecular flexibility index (Phi) is 12.0. The van der Waals surface area contributed by atoms with Crippen molar-refractivity contribution in [3.8, 4) is 11.6 Å². The molecule has 36 heavy (non-hydrogen) atoms. The van der Waals surface area contributed by atoms with Gasteiger partial charge in [0, 0.05) is 60.4 Å². The van der Waals surface area contributed by atoms with Gasteiger partial charge in [0.05, 0.1) is 0 Å². The molecule has 1 aromatic heterocycles. The summed E-state index contributed by atoms with van der Waals surface area (Å²) in [5.41, 5.74) is 0.629. The molecule has 0 aliphatic rings. The summed E-state index contributed by atoms with van der Waals surface area (Å²) < 4.78 is 5.75. The summed E-state index contributed by atoms with van der Waals surface area (Å²) in [7, 11) is 0. The van der Waals surface area contributed by atoms with Gasteiger partial charge >= 0.3 is 0 Å². The van der Waals surface area contributed by atoms with Crippen LogP contribution in [0.1, 0.15) is 79.7 Å². The van der Waals surface area contributed by atoms with E-state index in [1.165, 1.54) is 17.0 Å². The van der Waals surface area contributed by atoms with E-state index >= 15 is 0 Å². The first kappa shape index (κ1) is 31.5.